The number of methoxy groups -OCH3 is 1. The summed E-state index contributed by atoms with van der Waals surface area (Å²) in [4.78, 5) is 25.2. The fourth-order valence-corrected chi connectivity index (χ4v) is 3.03. The lowest BCUT2D eigenvalue weighted by Crippen LogP contribution is -2.46. The molecule has 1 aliphatic heterocycles. The molecule has 2 rings (SSSR count). The molecule has 104 valence electrons. The maximum atomic E-state index is 12.3. The van der Waals surface area contributed by atoms with Crippen LogP contribution in [0.4, 0.5) is 0 Å². The normalized spacial score (nSPS) is 19.3. The van der Waals surface area contributed by atoms with Gasteiger partial charge in [0.05, 0.1) is 35.6 Å². The van der Waals surface area contributed by atoms with Crippen molar-refractivity contribution in [3.63, 3.8) is 0 Å². The van der Waals surface area contributed by atoms with E-state index in [2.05, 4.69) is 20.7 Å². The Morgan fingerprint density at radius 3 is 3.05 bits per heavy atom. The van der Waals surface area contributed by atoms with Crippen molar-refractivity contribution in [2.45, 2.75) is 12.5 Å². The molecule has 1 aromatic heterocycles. The van der Waals surface area contributed by atoms with Crippen molar-refractivity contribution in [3.05, 3.63) is 20.8 Å². The van der Waals surface area contributed by atoms with Gasteiger partial charge in [0.15, 0.2) is 0 Å². The highest BCUT2D eigenvalue weighted by Crippen LogP contribution is 2.22. The van der Waals surface area contributed by atoms with Crippen LogP contribution in [0.3, 0.4) is 0 Å². The second-order valence-corrected chi connectivity index (χ2v) is 6.45. The first kappa shape index (κ1) is 14.5. The maximum absolute atomic E-state index is 12.3. The summed E-state index contributed by atoms with van der Waals surface area (Å²) < 4.78 is 11.0. The Morgan fingerprint density at radius 1 is 1.63 bits per heavy atom. The summed E-state index contributed by atoms with van der Waals surface area (Å²) in [5, 5.41) is 1.82. The SMILES string of the molecule is COC(=O)CC1CN(C(=O)c2csc(Br)c2)CCO1. The number of halogens is 1. The van der Waals surface area contributed by atoms with Crippen molar-refractivity contribution in [1.82, 2.24) is 4.90 Å². The van der Waals surface area contributed by atoms with Gasteiger partial charge < -0.3 is 14.4 Å². The third-order valence-electron chi connectivity index (χ3n) is 2.86. The summed E-state index contributed by atoms with van der Waals surface area (Å²) in [6, 6.07) is 1.80. The molecule has 0 radical (unpaired) electrons. The average molecular weight is 348 g/mol. The van der Waals surface area contributed by atoms with E-state index in [1.54, 1.807) is 11.0 Å². The van der Waals surface area contributed by atoms with Gasteiger partial charge in [0, 0.05) is 18.5 Å². The third-order valence-corrected chi connectivity index (χ3v) is 4.37. The van der Waals surface area contributed by atoms with Crippen LogP contribution < -0.4 is 0 Å². The van der Waals surface area contributed by atoms with Crippen LogP contribution >= 0.6 is 27.3 Å². The first-order valence-corrected chi connectivity index (χ1v) is 7.49. The number of morpholine rings is 1. The van der Waals surface area contributed by atoms with Crippen LogP contribution in [0.2, 0.25) is 0 Å². The predicted octanol–water partition coefficient (Wildman–Crippen LogP) is 1.91. The zero-order valence-corrected chi connectivity index (χ0v) is 12.8. The number of carbonyl (C=O) groups is 2. The standard InChI is InChI=1S/C12H14BrNO4S/c1-17-11(15)5-9-6-14(2-3-18-9)12(16)8-4-10(13)19-7-8/h4,7,9H,2-3,5-6H2,1H3. The summed E-state index contributed by atoms with van der Waals surface area (Å²) >= 11 is 4.82. The first-order valence-electron chi connectivity index (χ1n) is 5.82. The summed E-state index contributed by atoms with van der Waals surface area (Å²) in [6.07, 6.45) is -0.111. The fourth-order valence-electron chi connectivity index (χ4n) is 1.90. The molecule has 7 heteroatoms. The molecular formula is C12H14BrNO4S. The molecule has 0 aliphatic carbocycles. The van der Waals surface area contributed by atoms with Crippen molar-refractivity contribution < 1.29 is 19.1 Å². The molecule has 0 spiro atoms. The quantitative estimate of drug-likeness (QED) is 0.783. The van der Waals surface area contributed by atoms with Gasteiger partial charge in [0.25, 0.3) is 5.91 Å². The van der Waals surface area contributed by atoms with Crippen molar-refractivity contribution >= 4 is 39.1 Å². The van der Waals surface area contributed by atoms with Gasteiger partial charge in [-0.05, 0) is 22.0 Å². The van der Waals surface area contributed by atoms with Crippen molar-refractivity contribution in [3.8, 4) is 0 Å². The summed E-state index contributed by atoms with van der Waals surface area (Å²) in [5.41, 5.74) is 0.663. The van der Waals surface area contributed by atoms with Crippen LogP contribution in [-0.4, -0.2) is 49.7 Å². The highest BCUT2D eigenvalue weighted by Gasteiger charge is 2.27. The minimum atomic E-state index is -0.322. The van der Waals surface area contributed by atoms with Crippen LogP contribution in [0, 0.1) is 0 Å². The number of carbonyl (C=O) groups excluding carboxylic acids is 2. The molecule has 2 heterocycles. The van der Waals surface area contributed by atoms with Crippen molar-refractivity contribution in [1.29, 1.82) is 0 Å². The van der Waals surface area contributed by atoms with E-state index in [1.807, 2.05) is 5.38 Å². The molecule has 1 fully saturated rings. The minimum Gasteiger partial charge on any atom is -0.469 e. The Kier molecular flexibility index (Phi) is 4.95. The van der Waals surface area contributed by atoms with Crippen LogP contribution in [0.1, 0.15) is 16.8 Å². The van der Waals surface area contributed by atoms with E-state index in [0.29, 0.717) is 25.3 Å². The summed E-state index contributed by atoms with van der Waals surface area (Å²) in [7, 11) is 1.34. The number of hydrogen-bond acceptors (Lipinski definition) is 5. The number of hydrogen-bond donors (Lipinski definition) is 0. The second kappa shape index (κ2) is 6.49. The fraction of sp³-hybridized carbons (Fsp3) is 0.500. The van der Waals surface area contributed by atoms with E-state index in [1.165, 1.54) is 18.4 Å². The molecule has 19 heavy (non-hydrogen) atoms. The lowest BCUT2D eigenvalue weighted by molar-refractivity contribution is -0.145. The van der Waals surface area contributed by atoms with E-state index in [0.717, 1.165) is 3.79 Å². The van der Waals surface area contributed by atoms with Crippen molar-refractivity contribution in [2.75, 3.05) is 26.8 Å². The second-order valence-electron chi connectivity index (χ2n) is 4.16. The maximum Gasteiger partial charge on any atom is 0.308 e. The molecule has 1 saturated heterocycles. The third kappa shape index (κ3) is 3.77. The lowest BCUT2D eigenvalue weighted by Gasteiger charge is -2.32. The summed E-state index contributed by atoms with van der Waals surface area (Å²) in [5.74, 6) is -0.349. The van der Waals surface area contributed by atoms with Gasteiger partial charge in [-0.1, -0.05) is 0 Å². The number of amides is 1. The average Bonchev–Trinajstić information content (AvgIpc) is 2.84. The number of nitrogens with zero attached hydrogens (tertiary/aromatic N) is 1. The van der Waals surface area contributed by atoms with Gasteiger partial charge in [0.2, 0.25) is 0 Å². The highest BCUT2D eigenvalue weighted by atomic mass is 79.9. The van der Waals surface area contributed by atoms with Crippen LogP contribution in [0.5, 0.6) is 0 Å². The van der Waals surface area contributed by atoms with E-state index < -0.39 is 0 Å². The molecule has 1 aliphatic rings. The van der Waals surface area contributed by atoms with Gasteiger partial charge in [-0.25, -0.2) is 0 Å². The minimum absolute atomic E-state index is 0.0277. The van der Waals surface area contributed by atoms with Gasteiger partial charge >= 0.3 is 5.97 Å². The van der Waals surface area contributed by atoms with E-state index in [4.69, 9.17) is 4.74 Å². The molecular weight excluding hydrogens is 334 g/mol. The molecule has 0 bridgehead atoms. The Hall–Kier alpha value is -0.920. The number of rotatable bonds is 3. The van der Waals surface area contributed by atoms with Gasteiger partial charge in [-0.15, -0.1) is 11.3 Å². The molecule has 1 aromatic rings. The number of ether oxygens (including phenoxy) is 2. The highest BCUT2D eigenvalue weighted by molar-refractivity contribution is 9.11. The smallest absolute Gasteiger partial charge is 0.308 e. The monoisotopic (exact) mass is 347 g/mol. The Morgan fingerprint density at radius 2 is 2.42 bits per heavy atom. The van der Waals surface area contributed by atoms with Gasteiger partial charge in [0.1, 0.15) is 0 Å². The van der Waals surface area contributed by atoms with Crippen molar-refractivity contribution in [2.24, 2.45) is 0 Å². The molecule has 5 nitrogen and oxygen atoms in total. The Labute approximate surface area is 123 Å². The lowest BCUT2D eigenvalue weighted by atomic mass is 10.2. The van der Waals surface area contributed by atoms with Crippen LogP contribution in [-0.2, 0) is 14.3 Å². The first-order chi connectivity index (χ1) is 9.10. The Balaban J connectivity index is 1.97. The van der Waals surface area contributed by atoms with Gasteiger partial charge in [-0.2, -0.15) is 0 Å². The van der Waals surface area contributed by atoms with Gasteiger partial charge in [-0.3, -0.25) is 9.59 Å². The zero-order valence-electron chi connectivity index (χ0n) is 10.4. The Bertz CT molecular complexity index is 476. The molecule has 0 saturated carbocycles. The largest absolute Gasteiger partial charge is 0.469 e. The molecule has 1 atom stereocenters. The molecule has 1 unspecified atom stereocenters. The molecule has 0 N–H and O–H groups in total. The number of esters is 1. The van der Waals surface area contributed by atoms with E-state index in [-0.39, 0.29) is 24.4 Å². The number of thiophene rings is 1. The van der Waals surface area contributed by atoms with E-state index in [9.17, 15) is 9.59 Å². The topological polar surface area (TPSA) is 55.8 Å². The van der Waals surface area contributed by atoms with Crippen LogP contribution in [0.15, 0.2) is 15.2 Å². The van der Waals surface area contributed by atoms with E-state index >= 15 is 0 Å². The summed E-state index contributed by atoms with van der Waals surface area (Å²) in [6.45, 7) is 1.41. The van der Waals surface area contributed by atoms with Crippen LogP contribution in [0.25, 0.3) is 0 Å². The molecule has 0 aromatic carbocycles. The zero-order chi connectivity index (χ0) is 13.8. The molecule has 1 amide bonds. The predicted molar refractivity (Wildman–Crippen MR) is 74.3 cm³/mol.